The van der Waals surface area contributed by atoms with Crippen molar-refractivity contribution in [2.45, 2.75) is 32.6 Å². The van der Waals surface area contributed by atoms with Crippen LogP contribution in [-0.2, 0) is 0 Å². The van der Waals surface area contributed by atoms with Gasteiger partial charge in [0, 0.05) is 5.56 Å². The average Bonchev–Trinajstić information content (AvgIpc) is 3.22. The fourth-order valence-corrected chi connectivity index (χ4v) is 3.52. The molecule has 0 bridgehead atoms. The minimum absolute atomic E-state index is 0.00211. The summed E-state index contributed by atoms with van der Waals surface area (Å²) in [7, 11) is 0. The van der Waals surface area contributed by atoms with Gasteiger partial charge in [-0.3, -0.25) is 25.8 Å². The molecule has 1 heterocycles. The number of nitrogens with one attached hydrogen (secondary N) is 3. The van der Waals surface area contributed by atoms with Crippen LogP contribution in [0.4, 0.5) is 0 Å². The summed E-state index contributed by atoms with van der Waals surface area (Å²) < 4.78 is 6.43. The number of unbranched alkanes of at least 4 members (excludes halogenated alkanes) is 3. The van der Waals surface area contributed by atoms with E-state index in [0.29, 0.717) is 27.3 Å². The van der Waals surface area contributed by atoms with Gasteiger partial charge in [0.15, 0.2) is 5.11 Å². The lowest BCUT2D eigenvalue weighted by molar-refractivity contribution is 0.0938. The Morgan fingerprint density at radius 3 is 2.64 bits per heavy atom. The summed E-state index contributed by atoms with van der Waals surface area (Å²) in [5.41, 5.74) is 5.36. The molecule has 0 aliphatic rings. The third-order valence-corrected chi connectivity index (χ3v) is 5.40. The third kappa shape index (κ3) is 7.21. The summed E-state index contributed by atoms with van der Waals surface area (Å²) >= 11 is 9.77. The van der Waals surface area contributed by atoms with Crippen LogP contribution in [0.3, 0.4) is 0 Å². The fourth-order valence-electron chi connectivity index (χ4n) is 2.26. The van der Waals surface area contributed by atoms with Crippen LogP contribution in [0.5, 0.6) is 5.75 Å². The molecule has 6 nitrogen and oxygen atoms in total. The molecule has 1 aromatic carbocycles. The number of carbonyl (C=O) groups excluding carboxylic acids is 2. The molecule has 3 N–H and O–H groups in total. The fraction of sp³-hybridized carbons (Fsp3) is 0.316. The molecule has 28 heavy (non-hydrogen) atoms. The Morgan fingerprint density at radius 1 is 1.14 bits per heavy atom. The number of hydrogen-bond donors (Lipinski definition) is 3. The van der Waals surface area contributed by atoms with Gasteiger partial charge >= 0.3 is 0 Å². The number of benzene rings is 1. The molecule has 0 spiro atoms. The molecular weight excluding hydrogens is 462 g/mol. The van der Waals surface area contributed by atoms with E-state index in [1.165, 1.54) is 24.2 Å². The maximum Gasteiger partial charge on any atom is 0.279 e. The Morgan fingerprint density at radius 2 is 1.96 bits per heavy atom. The van der Waals surface area contributed by atoms with Crippen molar-refractivity contribution >= 4 is 56.4 Å². The van der Waals surface area contributed by atoms with E-state index in [4.69, 9.17) is 17.0 Å². The zero-order valence-corrected chi connectivity index (χ0v) is 18.6. The van der Waals surface area contributed by atoms with Gasteiger partial charge < -0.3 is 4.74 Å². The van der Waals surface area contributed by atoms with Crippen molar-refractivity contribution in [2.75, 3.05) is 6.61 Å². The van der Waals surface area contributed by atoms with E-state index in [0.717, 1.165) is 12.8 Å². The summed E-state index contributed by atoms with van der Waals surface area (Å²) in [5, 5.41) is 4.32. The van der Waals surface area contributed by atoms with Crippen LogP contribution in [0.1, 0.15) is 52.6 Å². The summed E-state index contributed by atoms with van der Waals surface area (Å²) in [4.78, 5) is 24.7. The topological polar surface area (TPSA) is 79.5 Å². The number of hydrogen-bond acceptors (Lipinski definition) is 5. The Labute approximate surface area is 182 Å². The first kappa shape index (κ1) is 22.3. The Kier molecular flexibility index (Phi) is 9.39. The lowest BCUT2D eigenvalue weighted by atomic mass is 10.2. The van der Waals surface area contributed by atoms with Gasteiger partial charge in [-0.05, 0) is 64.2 Å². The summed E-state index contributed by atoms with van der Waals surface area (Å²) in [6.45, 7) is 2.81. The van der Waals surface area contributed by atoms with Gasteiger partial charge in [-0.25, -0.2) is 0 Å². The van der Waals surface area contributed by atoms with Crippen molar-refractivity contribution in [1.82, 2.24) is 16.2 Å². The standard InChI is InChI=1S/C19H22BrN3O3S2/c1-2-3-4-5-10-26-15-9-8-13(12-14(15)20)17(24)21-19(27)23-22-18(25)16-7-6-11-28-16/h6-9,11-12H,2-5,10H2,1H3,(H,22,25)(H2,21,23,24,27). The average molecular weight is 484 g/mol. The molecule has 9 heteroatoms. The largest absolute Gasteiger partial charge is 0.492 e. The van der Waals surface area contributed by atoms with E-state index in [1.807, 2.05) is 0 Å². The molecule has 2 rings (SSSR count). The smallest absolute Gasteiger partial charge is 0.279 e. The minimum Gasteiger partial charge on any atom is -0.492 e. The van der Waals surface area contributed by atoms with Gasteiger partial charge in [0.05, 0.1) is 16.0 Å². The number of halogens is 1. The van der Waals surface area contributed by atoms with Crippen molar-refractivity contribution in [2.24, 2.45) is 0 Å². The number of ether oxygens (including phenoxy) is 1. The number of thiophene rings is 1. The summed E-state index contributed by atoms with van der Waals surface area (Å²) in [5.74, 6) is -0.0233. The van der Waals surface area contributed by atoms with E-state index in [2.05, 4.69) is 39.0 Å². The van der Waals surface area contributed by atoms with E-state index >= 15 is 0 Å². The third-order valence-electron chi connectivity index (χ3n) is 3.71. The van der Waals surface area contributed by atoms with Crippen molar-refractivity contribution in [3.63, 3.8) is 0 Å². The second kappa shape index (κ2) is 11.8. The predicted octanol–water partition coefficient (Wildman–Crippen LogP) is 4.42. The first-order valence-electron chi connectivity index (χ1n) is 8.88. The molecule has 0 aliphatic carbocycles. The highest BCUT2D eigenvalue weighted by molar-refractivity contribution is 9.10. The van der Waals surface area contributed by atoms with Crippen LogP contribution in [0.2, 0.25) is 0 Å². The number of hydrazine groups is 1. The van der Waals surface area contributed by atoms with Gasteiger partial charge in [-0.1, -0.05) is 32.3 Å². The van der Waals surface area contributed by atoms with E-state index in [1.54, 1.807) is 35.7 Å². The molecule has 0 saturated heterocycles. The molecule has 2 aromatic rings. The molecule has 0 unspecified atom stereocenters. The van der Waals surface area contributed by atoms with Crippen molar-refractivity contribution in [1.29, 1.82) is 0 Å². The highest BCUT2D eigenvalue weighted by atomic mass is 79.9. The highest BCUT2D eigenvalue weighted by Crippen LogP contribution is 2.26. The molecule has 0 radical (unpaired) electrons. The predicted molar refractivity (Wildman–Crippen MR) is 119 cm³/mol. The van der Waals surface area contributed by atoms with Gasteiger partial charge in [0.2, 0.25) is 0 Å². The Balaban J connectivity index is 1.80. The minimum atomic E-state index is -0.391. The van der Waals surface area contributed by atoms with E-state index in [9.17, 15) is 9.59 Å². The normalized spacial score (nSPS) is 10.2. The second-order valence-corrected chi connectivity index (χ2v) is 8.10. The van der Waals surface area contributed by atoms with Crippen LogP contribution < -0.4 is 20.9 Å². The molecule has 0 atom stereocenters. The molecule has 1 aromatic heterocycles. The number of amides is 2. The monoisotopic (exact) mass is 483 g/mol. The van der Waals surface area contributed by atoms with Crippen molar-refractivity contribution in [3.05, 3.63) is 50.6 Å². The van der Waals surface area contributed by atoms with Crippen LogP contribution in [-0.4, -0.2) is 23.5 Å². The van der Waals surface area contributed by atoms with Gasteiger partial charge in [-0.2, -0.15) is 0 Å². The first-order chi connectivity index (χ1) is 13.5. The SMILES string of the molecule is CCCCCCOc1ccc(C(=O)NC(=S)NNC(=O)c2cccs2)cc1Br. The van der Waals surface area contributed by atoms with Gasteiger partial charge in [0.1, 0.15) is 5.75 Å². The lowest BCUT2D eigenvalue weighted by Crippen LogP contribution is -2.48. The zero-order chi connectivity index (χ0) is 20.4. The number of carbonyl (C=O) groups is 2. The quantitative estimate of drug-likeness (QED) is 0.294. The van der Waals surface area contributed by atoms with Gasteiger partial charge in [0.25, 0.3) is 11.8 Å². The van der Waals surface area contributed by atoms with Crippen LogP contribution in [0, 0.1) is 0 Å². The number of thiocarbonyl (C=S) groups is 1. The van der Waals surface area contributed by atoms with Crippen LogP contribution in [0.25, 0.3) is 0 Å². The first-order valence-corrected chi connectivity index (χ1v) is 11.0. The number of rotatable bonds is 8. The highest BCUT2D eigenvalue weighted by Gasteiger charge is 2.12. The molecular formula is C19H22BrN3O3S2. The maximum absolute atomic E-state index is 12.3. The Hall–Kier alpha value is -1.97. The molecule has 150 valence electrons. The van der Waals surface area contributed by atoms with Gasteiger partial charge in [-0.15, -0.1) is 11.3 Å². The van der Waals surface area contributed by atoms with Crippen LogP contribution >= 0.6 is 39.5 Å². The molecule has 0 aliphatic heterocycles. The summed E-state index contributed by atoms with van der Waals surface area (Å²) in [6, 6.07) is 8.54. The second-order valence-electron chi connectivity index (χ2n) is 5.89. The lowest BCUT2D eigenvalue weighted by Gasteiger charge is -2.12. The zero-order valence-electron chi connectivity index (χ0n) is 15.4. The Bertz CT molecular complexity index is 813. The van der Waals surface area contributed by atoms with Crippen LogP contribution in [0.15, 0.2) is 40.2 Å². The van der Waals surface area contributed by atoms with Crippen molar-refractivity contribution < 1.29 is 14.3 Å². The van der Waals surface area contributed by atoms with E-state index in [-0.39, 0.29) is 11.0 Å². The molecule has 0 saturated carbocycles. The van der Waals surface area contributed by atoms with Crippen molar-refractivity contribution in [3.8, 4) is 5.75 Å². The molecule has 2 amide bonds. The maximum atomic E-state index is 12.3. The van der Waals surface area contributed by atoms with E-state index < -0.39 is 5.91 Å². The molecule has 0 fully saturated rings. The summed E-state index contributed by atoms with van der Waals surface area (Å²) in [6.07, 6.45) is 4.52.